The zero-order chi connectivity index (χ0) is 32.8. The lowest BCUT2D eigenvalue weighted by molar-refractivity contribution is -0.118. The van der Waals surface area contributed by atoms with Crippen molar-refractivity contribution < 1.29 is 9.59 Å². The van der Waals surface area contributed by atoms with Crippen LogP contribution in [0.2, 0.25) is 0 Å². The third-order valence-electron chi connectivity index (χ3n) is 8.33. The lowest BCUT2D eigenvalue weighted by atomic mass is 9.94. The van der Waals surface area contributed by atoms with Gasteiger partial charge in [0.1, 0.15) is 0 Å². The van der Waals surface area contributed by atoms with Gasteiger partial charge in [0.2, 0.25) is 11.8 Å². The Morgan fingerprint density at radius 3 is 2.09 bits per heavy atom. The fraction of sp³-hybridized carbons (Fsp3) is 0.179. The average Bonchev–Trinajstić information content (AvgIpc) is 3.09. The lowest BCUT2D eigenvalue weighted by Gasteiger charge is -2.20. The summed E-state index contributed by atoms with van der Waals surface area (Å²) in [7, 11) is 0. The average molecular weight is 623 g/mol. The normalized spacial score (nSPS) is 12.6. The van der Waals surface area contributed by atoms with E-state index in [9.17, 15) is 9.59 Å². The number of carbonyl (C=O) groups is 2. The predicted molar refractivity (Wildman–Crippen MR) is 190 cm³/mol. The number of hydrogen-bond acceptors (Lipinski definition) is 6. The molecule has 0 saturated heterocycles. The largest absolute Gasteiger partial charge is 0.329 e. The van der Waals surface area contributed by atoms with E-state index in [1.54, 1.807) is 12.4 Å². The van der Waals surface area contributed by atoms with Gasteiger partial charge in [0.15, 0.2) is 0 Å². The summed E-state index contributed by atoms with van der Waals surface area (Å²) >= 11 is 0. The van der Waals surface area contributed by atoms with E-state index in [-0.39, 0.29) is 24.4 Å². The number of hydrogen-bond donors (Lipinski definition) is 4. The summed E-state index contributed by atoms with van der Waals surface area (Å²) in [5.74, 6) is -1.07. The quantitative estimate of drug-likeness (QED) is 0.125. The summed E-state index contributed by atoms with van der Waals surface area (Å²) in [5, 5.41) is 13.5. The molecule has 6 aromatic rings. The van der Waals surface area contributed by atoms with Crippen LogP contribution in [0.3, 0.4) is 0 Å². The molecule has 4 aromatic carbocycles. The molecule has 5 N–H and O–H groups in total. The molecule has 0 spiro atoms. The van der Waals surface area contributed by atoms with E-state index in [1.807, 2.05) is 109 Å². The topological polar surface area (TPSA) is 122 Å². The van der Waals surface area contributed by atoms with Gasteiger partial charge in [0.25, 0.3) is 0 Å². The van der Waals surface area contributed by atoms with Crippen molar-refractivity contribution in [3.63, 3.8) is 0 Å². The highest BCUT2D eigenvalue weighted by molar-refractivity contribution is 6.01. The smallest absolute Gasteiger partial charge is 0.233 e. The molecule has 8 heteroatoms. The second-order valence-electron chi connectivity index (χ2n) is 11.9. The van der Waals surface area contributed by atoms with Gasteiger partial charge in [-0.2, -0.15) is 0 Å². The first-order valence-electron chi connectivity index (χ1n) is 15.8. The van der Waals surface area contributed by atoms with E-state index < -0.39 is 11.8 Å². The molecule has 2 aromatic heterocycles. The summed E-state index contributed by atoms with van der Waals surface area (Å²) in [6.45, 7) is 4.85. The molecular formula is C39H38N6O2. The molecule has 6 rings (SSSR count). The fourth-order valence-corrected chi connectivity index (χ4v) is 5.77. The second-order valence-corrected chi connectivity index (χ2v) is 11.9. The van der Waals surface area contributed by atoms with Crippen LogP contribution in [0, 0.1) is 0 Å². The molecule has 0 bridgehead atoms. The van der Waals surface area contributed by atoms with Crippen LogP contribution in [0.15, 0.2) is 122 Å². The highest BCUT2D eigenvalue weighted by Gasteiger charge is 2.22. The van der Waals surface area contributed by atoms with Crippen LogP contribution in [0.25, 0.3) is 32.8 Å². The van der Waals surface area contributed by atoms with E-state index in [2.05, 4.69) is 34.8 Å². The number of aromatic nitrogens is 2. The Balaban J connectivity index is 1.22. The summed E-state index contributed by atoms with van der Waals surface area (Å²) in [4.78, 5) is 35.6. The molecule has 236 valence electrons. The molecule has 2 unspecified atom stereocenters. The molecule has 47 heavy (non-hydrogen) atoms. The van der Waals surface area contributed by atoms with Crippen molar-refractivity contribution in [1.29, 1.82) is 0 Å². The molecule has 2 amide bonds. The van der Waals surface area contributed by atoms with E-state index in [0.717, 1.165) is 49.6 Å². The van der Waals surface area contributed by atoms with Gasteiger partial charge in [0, 0.05) is 65.4 Å². The minimum Gasteiger partial charge on any atom is -0.329 e. The van der Waals surface area contributed by atoms with Crippen LogP contribution in [-0.4, -0.2) is 40.9 Å². The van der Waals surface area contributed by atoms with Gasteiger partial charge in [0.05, 0.1) is 17.5 Å². The number of nitrogens with zero attached hydrogens (tertiary/aromatic N) is 2. The second kappa shape index (κ2) is 14.3. The SMILES string of the molecule is CC(C)NCC(C(=O)Nc1ccc2cnccc2c1)c1ccc(-c2nccc3cc(NC(=O)C(CN)c4ccccc4)ccc23)cc1. The van der Waals surface area contributed by atoms with Crippen LogP contribution < -0.4 is 21.7 Å². The van der Waals surface area contributed by atoms with Crippen LogP contribution >= 0.6 is 0 Å². The number of rotatable bonds is 11. The third-order valence-corrected chi connectivity index (χ3v) is 8.33. The molecule has 0 saturated carbocycles. The van der Waals surface area contributed by atoms with Gasteiger partial charge < -0.3 is 21.7 Å². The number of nitrogens with two attached hydrogens (primary N) is 1. The van der Waals surface area contributed by atoms with Crippen molar-refractivity contribution in [2.45, 2.75) is 31.7 Å². The number of carbonyl (C=O) groups excluding carboxylic acids is 2. The maximum absolute atomic E-state index is 13.6. The van der Waals surface area contributed by atoms with Crippen LogP contribution in [0.5, 0.6) is 0 Å². The van der Waals surface area contributed by atoms with Crippen molar-refractivity contribution in [3.05, 3.63) is 133 Å². The Morgan fingerprint density at radius 2 is 1.36 bits per heavy atom. The van der Waals surface area contributed by atoms with Gasteiger partial charge in [-0.3, -0.25) is 19.6 Å². The van der Waals surface area contributed by atoms with Gasteiger partial charge in [-0.1, -0.05) is 80.6 Å². The predicted octanol–water partition coefficient (Wildman–Crippen LogP) is 6.85. The van der Waals surface area contributed by atoms with E-state index >= 15 is 0 Å². The lowest BCUT2D eigenvalue weighted by Crippen LogP contribution is -2.34. The molecule has 0 aliphatic heterocycles. The standard InChI is InChI=1S/C39H38N6O2/c1-25(2)43-24-36(39(47)45-32-13-12-31-23-41-18-16-29(31)20-32)27-8-10-28(11-9-27)37-34-15-14-33(21-30(34)17-19-42-37)44-38(46)35(22-40)26-6-4-3-5-7-26/h3-21,23,25,35-36,43H,22,24,40H2,1-2H3,(H,44,46)(H,45,47). The summed E-state index contributed by atoms with van der Waals surface area (Å²) in [6.07, 6.45) is 5.33. The number of benzene rings is 4. The number of pyridine rings is 2. The molecule has 0 radical (unpaired) electrons. The van der Waals surface area contributed by atoms with Crippen molar-refractivity contribution in [1.82, 2.24) is 15.3 Å². The monoisotopic (exact) mass is 622 g/mol. The molecule has 2 heterocycles. The molecule has 8 nitrogen and oxygen atoms in total. The fourth-order valence-electron chi connectivity index (χ4n) is 5.77. The highest BCUT2D eigenvalue weighted by atomic mass is 16.2. The van der Waals surface area contributed by atoms with Crippen molar-refractivity contribution in [2.24, 2.45) is 5.73 Å². The summed E-state index contributed by atoms with van der Waals surface area (Å²) in [5.41, 5.74) is 10.9. The van der Waals surface area contributed by atoms with Crippen LogP contribution in [0.4, 0.5) is 11.4 Å². The Bertz CT molecular complexity index is 2010. The molecule has 0 aliphatic carbocycles. The number of anilines is 2. The maximum Gasteiger partial charge on any atom is 0.233 e. The van der Waals surface area contributed by atoms with E-state index in [1.165, 1.54) is 0 Å². The Labute approximate surface area is 274 Å². The van der Waals surface area contributed by atoms with Crippen LogP contribution in [-0.2, 0) is 9.59 Å². The van der Waals surface area contributed by atoms with Gasteiger partial charge >= 0.3 is 0 Å². The Hall–Kier alpha value is -5.44. The minimum atomic E-state index is -0.440. The Morgan fingerprint density at radius 1 is 0.702 bits per heavy atom. The third kappa shape index (κ3) is 7.35. The highest BCUT2D eigenvalue weighted by Crippen LogP contribution is 2.31. The zero-order valence-corrected chi connectivity index (χ0v) is 26.5. The van der Waals surface area contributed by atoms with Gasteiger partial charge in [-0.15, -0.1) is 0 Å². The van der Waals surface area contributed by atoms with Crippen molar-refractivity contribution in [3.8, 4) is 11.3 Å². The van der Waals surface area contributed by atoms with Crippen molar-refractivity contribution >= 4 is 44.7 Å². The summed E-state index contributed by atoms with van der Waals surface area (Å²) in [6, 6.07) is 33.3. The number of fused-ring (bicyclic) bond motifs is 2. The molecule has 0 aliphatic rings. The number of nitrogens with one attached hydrogen (secondary N) is 3. The number of amides is 2. The van der Waals surface area contributed by atoms with E-state index in [4.69, 9.17) is 10.7 Å². The van der Waals surface area contributed by atoms with Crippen molar-refractivity contribution in [2.75, 3.05) is 23.7 Å². The first-order valence-corrected chi connectivity index (χ1v) is 15.8. The first kappa shape index (κ1) is 31.5. The molecule has 0 fully saturated rings. The maximum atomic E-state index is 13.6. The summed E-state index contributed by atoms with van der Waals surface area (Å²) < 4.78 is 0. The Kier molecular flexibility index (Phi) is 9.61. The minimum absolute atomic E-state index is 0.0821. The van der Waals surface area contributed by atoms with Gasteiger partial charge in [-0.25, -0.2) is 0 Å². The zero-order valence-electron chi connectivity index (χ0n) is 26.5. The van der Waals surface area contributed by atoms with E-state index in [0.29, 0.717) is 12.2 Å². The first-order chi connectivity index (χ1) is 22.9. The van der Waals surface area contributed by atoms with Gasteiger partial charge in [-0.05, 0) is 58.3 Å². The molecule has 2 atom stereocenters. The molecular weight excluding hydrogens is 584 g/mol. The van der Waals surface area contributed by atoms with Crippen LogP contribution in [0.1, 0.15) is 36.8 Å².